The molecule has 6 nitrogen and oxygen atoms in total. The standard InChI is InChI=1S/C16H23N3O3/c1-11-3-5-13(22-11)10-18-16(17)19-12-4-6-14-15(9-12)21-8-2-7-20-14/h4,6,9,11,13H,2-3,5,7-8,10H2,1H3,(H3,17,18,19). The molecule has 0 radical (unpaired) electrons. The van der Waals surface area contributed by atoms with Crippen LogP contribution in [0.1, 0.15) is 26.2 Å². The van der Waals surface area contributed by atoms with Crippen LogP contribution in [0.25, 0.3) is 0 Å². The summed E-state index contributed by atoms with van der Waals surface area (Å²) in [6.07, 6.45) is 3.54. The molecule has 3 rings (SSSR count). The lowest BCUT2D eigenvalue weighted by molar-refractivity contribution is 0.0615. The average molecular weight is 305 g/mol. The van der Waals surface area contributed by atoms with E-state index in [-0.39, 0.29) is 6.10 Å². The first kappa shape index (κ1) is 15.0. The maximum atomic E-state index is 5.94. The quantitative estimate of drug-likeness (QED) is 0.661. The Labute approximate surface area is 130 Å². The lowest BCUT2D eigenvalue weighted by Crippen LogP contribution is -2.25. The number of nitrogens with one attached hydrogen (secondary N) is 1. The Balaban J connectivity index is 1.59. The number of nitrogens with two attached hydrogens (primary N) is 1. The van der Waals surface area contributed by atoms with Gasteiger partial charge in [-0.25, -0.2) is 0 Å². The maximum Gasteiger partial charge on any atom is 0.193 e. The van der Waals surface area contributed by atoms with Crippen molar-refractivity contribution in [2.75, 3.05) is 25.1 Å². The van der Waals surface area contributed by atoms with Crippen molar-refractivity contribution in [2.45, 2.75) is 38.4 Å². The Hall–Kier alpha value is -1.95. The monoisotopic (exact) mass is 305 g/mol. The van der Waals surface area contributed by atoms with Crippen molar-refractivity contribution in [1.29, 1.82) is 0 Å². The number of nitrogens with zero attached hydrogens (tertiary/aromatic N) is 1. The van der Waals surface area contributed by atoms with Crippen LogP contribution in [0.15, 0.2) is 23.2 Å². The predicted molar refractivity (Wildman–Crippen MR) is 85.7 cm³/mol. The fourth-order valence-electron chi connectivity index (χ4n) is 2.65. The van der Waals surface area contributed by atoms with Crippen LogP contribution < -0.4 is 20.5 Å². The summed E-state index contributed by atoms with van der Waals surface area (Å²) < 4.78 is 17.0. The molecule has 22 heavy (non-hydrogen) atoms. The smallest absolute Gasteiger partial charge is 0.193 e. The molecule has 0 amide bonds. The SMILES string of the molecule is CC1CCC(CN=C(N)Nc2ccc3c(c2)OCCCO3)O1. The molecule has 2 atom stereocenters. The van der Waals surface area contributed by atoms with Gasteiger partial charge in [0, 0.05) is 18.2 Å². The minimum absolute atomic E-state index is 0.180. The third-order valence-electron chi connectivity index (χ3n) is 3.81. The van der Waals surface area contributed by atoms with Crippen molar-refractivity contribution in [3.05, 3.63) is 18.2 Å². The molecule has 0 aliphatic carbocycles. The molecule has 2 unspecified atom stereocenters. The third-order valence-corrected chi connectivity index (χ3v) is 3.81. The van der Waals surface area contributed by atoms with Crippen LogP contribution in [-0.4, -0.2) is 37.9 Å². The molecule has 1 saturated heterocycles. The van der Waals surface area contributed by atoms with E-state index in [0.29, 0.717) is 31.8 Å². The molecule has 0 saturated carbocycles. The van der Waals surface area contributed by atoms with Gasteiger partial charge in [-0.05, 0) is 31.9 Å². The van der Waals surface area contributed by atoms with Gasteiger partial charge in [-0.2, -0.15) is 0 Å². The van der Waals surface area contributed by atoms with Crippen LogP contribution in [0.2, 0.25) is 0 Å². The van der Waals surface area contributed by atoms with Gasteiger partial charge in [0.25, 0.3) is 0 Å². The molecule has 3 N–H and O–H groups in total. The molecule has 2 aliphatic heterocycles. The molecule has 0 bridgehead atoms. The number of hydrogen-bond acceptors (Lipinski definition) is 4. The predicted octanol–water partition coefficient (Wildman–Crippen LogP) is 2.14. The van der Waals surface area contributed by atoms with Crippen molar-refractivity contribution < 1.29 is 14.2 Å². The number of guanidine groups is 1. The van der Waals surface area contributed by atoms with Crippen LogP contribution in [-0.2, 0) is 4.74 Å². The largest absolute Gasteiger partial charge is 0.490 e. The fourth-order valence-corrected chi connectivity index (χ4v) is 2.65. The van der Waals surface area contributed by atoms with Crippen LogP contribution >= 0.6 is 0 Å². The minimum atomic E-state index is 0.180. The Bertz CT molecular complexity index is 547. The Morgan fingerprint density at radius 2 is 2.09 bits per heavy atom. The van der Waals surface area contributed by atoms with Crippen molar-refractivity contribution in [2.24, 2.45) is 10.7 Å². The second-order valence-electron chi connectivity index (χ2n) is 5.71. The topological polar surface area (TPSA) is 78.1 Å². The van der Waals surface area contributed by atoms with Crippen LogP contribution in [0.3, 0.4) is 0 Å². The Kier molecular flexibility index (Phi) is 4.68. The summed E-state index contributed by atoms with van der Waals surface area (Å²) in [5.74, 6) is 1.90. The lowest BCUT2D eigenvalue weighted by atomic mass is 10.2. The zero-order valence-electron chi connectivity index (χ0n) is 12.9. The number of aliphatic imine (C=N–C) groups is 1. The summed E-state index contributed by atoms with van der Waals surface area (Å²) >= 11 is 0. The minimum Gasteiger partial charge on any atom is -0.490 e. The summed E-state index contributed by atoms with van der Waals surface area (Å²) in [6, 6.07) is 5.68. The number of rotatable bonds is 3. The fraction of sp³-hybridized carbons (Fsp3) is 0.562. The Morgan fingerprint density at radius 3 is 2.86 bits per heavy atom. The van der Waals surface area contributed by atoms with Crippen molar-refractivity contribution in [3.8, 4) is 11.5 Å². The zero-order valence-corrected chi connectivity index (χ0v) is 12.9. The van der Waals surface area contributed by atoms with E-state index < -0.39 is 0 Å². The van der Waals surface area contributed by atoms with Crippen LogP contribution in [0.5, 0.6) is 11.5 Å². The van der Waals surface area contributed by atoms with Gasteiger partial charge in [0.15, 0.2) is 17.5 Å². The van der Waals surface area contributed by atoms with Crippen molar-refractivity contribution in [1.82, 2.24) is 0 Å². The van der Waals surface area contributed by atoms with Crippen LogP contribution in [0.4, 0.5) is 5.69 Å². The molecule has 2 heterocycles. The number of benzene rings is 1. The van der Waals surface area contributed by atoms with E-state index in [2.05, 4.69) is 17.2 Å². The van der Waals surface area contributed by atoms with Gasteiger partial charge in [-0.15, -0.1) is 0 Å². The van der Waals surface area contributed by atoms with Crippen LogP contribution in [0, 0.1) is 0 Å². The van der Waals surface area contributed by atoms with E-state index in [1.54, 1.807) is 0 Å². The highest BCUT2D eigenvalue weighted by atomic mass is 16.5. The van der Waals surface area contributed by atoms with Gasteiger partial charge in [0.2, 0.25) is 0 Å². The number of ether oxygens (including phenoxy) is 3. The van der Waals surface area contributed by atoms with Gasteiger partial charge in [0.1, 0.15) is 0 Å². The lowest BCUT2D eigenvalue weighted by Gasteiger charge is -2.12. The summed E-state index contributed by atoms with van der Waals surface area (Å²) in [5, 5.41) is 3.08. The van der Waals surface area contributed by atoms with Crippen molar-refractivity contribution in [3.63, 3.8) is 0 Å². The molecule has 120 valence electrons. The van der Waals surface area contributed by atoms with Gasteiger partial charge in [0.05, 0.1) is 32.0 Å². The summed E-state index contributed by atoms with van der Waals surface area (Å²) in [4.78, 5) is 4.35. The first-order valence-corrected chi connectivity index (χ1v) is 7.83. The average Bonchev–Trinajstić information content (AvgIpc) is 2.78. The molecule has 0 aromatic heterocycles. The molecule has 2 aliphatic rings. The van der Waals surface area contributed by atoms with Crippen molar-refractivity contribution >= 4 is 11.6 Å². The molecule has 1 fully saturated rings. The second kappa shape index (κ2) is 6.87. The molecule has 6 heteroatoms. The van der Waals surface area contributed by atoms with E-state index in [1.807, 2.05) is 18.2 Å². The van der Waals surface area contributed by atoms with E-state index in [1.165, 1.54) is 0 Å². The van der Waals surface area contributed by atoms with Gasteiger partial charge < -0.3 is 25.3 Å². The first-order chi connectivity index (χ1) is 10.7. The van der Waals surface area contributed by atoms with E-state index in [0.717, 1.165) is 36.4 Å². The molecule has 1 aromatic rings. The normalized spacial score (nSPS) is 24.9. The second-order valence-corrected chi connectivity index (χ2v) is 5.71. The highest BCUT2D eigenvalue weighted by Crippen LogP contribution is 2.32. The molecule has 0 spiro atoms. The summed E-state index contributed by atoms with van der Waals surface area (Å²) in [6.45, 7) is 4.03. The van der Waals surface area contributed by atoms with Gasteiger partial charge in [-0.3, -0.25) is 4.99 Å². The molecular weight excluding hydrogens is 282 g/mol. The van der Waals surface area contributed by atoms with E-state index in [4.69, 9.17) is 19.9 Å². The van der Waals surface area contributed by atoms with E-state index >= 15 is 0 Å². The first-order valence-electron chi connectivity index (χ1n) is 7.83. The third kappa shape index (κ3) is 3.82. The molecule has 1 aromatic carbocycles. The highest BCUT2D eigenvalue weighted by molar-refractivity contribution is 5.92. The zero-order chi connectivity index (χ0) is 15.4. The van der Waals surface area contributed by atoms with Gasteiger partial charge >= 0.3 is 0 Å². The number of anilines is 1. The highest BCUT2D eigenvalue weighted by Gasteiger charge is 2.21. The van der Waals surface area contributed by atoms with E-state index in [9.17, 15) is 0 Å². The summed E-state index contributed by atoms with van der Waals surface area (Å²) in [5.41, 5.74) is 6.78. The number of fused-ring (bicyclic) bond motifs is 1. The number of hydrogen-bond donors (Lipinski definition) is 2. The van der Waals surface area contributed by atoms with Gasteiger partial charge in [-0.1, -0.05) is 0 Å². The summed E-state index contributed by atoms with van der Waals surface area (Å²) in [7, 11) is 0. The Morgan fingerprint density at radius 1 is 1.27 bits per heavy atom. The molecular formula is C16H23N3O3. The maximum absolute atomic E-state index is 5.94.